The van der Waals surface area contributed by atoms with E-state index in [2.05, 4.69) is 21.7 Å². The normalized spacial score (nSPS) is 10.8. The molecule has 104 valence electrons. The van der Waals surface area contributed by atoms with E-state index in [9.17, 15) is 0 Å². The van der Waals surface area contributed by atoms with Gasteiger partial charge in [-0.25, -0.2) is 4.98 Å². The van der Waals surface area contributed by atoms with Crippen LogP contribution in [0.5, 0.6) is 0 Å². The first-order chi connectivity index (χ1) is 9.35. The maximum atomic E-state index is 5.15. The Bertz CT molecular complexity index is 463. The van der Waals surface area contributed by atoms with Crippen LogP contribution in [-0.2, 0) is 9.47 Å². The predicted octanol–water partition coefficient (Wildman–Crippen LogP) is 2.97. The van der Waals surface area contributed by atoms with Crippen LogP contribution < -0.4 is 4.90 Å². The third-order valence-electron chi connectivity index (χ3n) is 2.67. The van der Waals surface area contributed by atoms with Crippen molar-refractivity contribution in [1.29, 1.82) is 0 Å². The summed E-state index contributed by atoms with van der Waals surface area (Å²) in [5.74, 6) is 0. The molecule has 0 aromatic carbocycles. The van der Waals surface area contributed by atoms with Crippen LogP contribution in [0.25, 0.3) is 10.6 Å². The van der Waals surface area contributed by atoms with Crippen LogP contribution >= 0.6 is 22.7 Å². The lowest BCUT2D eigenvalue weighted by Gasteiger charge is -2.20. The van der Waals surface area contributed by atoms with E-state index in [0.29, 0.717) is 13.2 Å². The molecule has 0 aliphatic heterocycles. The summed E-state index contributed by atoms with van der Waals surface area (Å²) in [7, 11) is 3.43. The first kappa shape index (κ1) is 14.5. The molecule has 6 heteroatoms. The minimum Gasteiger partial charge on any atom is -0.383 e. The van der Waals surface area contributed by atoms with Crippen LogP contribution in [0, 0.1) is 0 Å². The Labute approximate surface area is 121 Å². The maximum absolute atomic E-state index is 5.15. The quantitative estimate of drug-likeness (QED) is 0.750. The van der Waals surface area contributed by atoms with Crippen molar-refractivity contribution in [3.05, 3.63) is 22.9 Å². The highest BCUT2D eigenvalue weighted by molar-refractivity contribution is 7.16. The minimum absolute atomic E-state index is 0.692. The Balaban J connectivity index is 2.08. The molecule has 0 aliphatic carbocycles. The largest absolute Gasteiger partial charge is 0.383 e. The molecule has 0 spiro atoms. The standard InChI is InChI=1S/C13H18N2O2S2/c1-16-7-5-15(6-8-17-2)13-14-11(10-19-13)12-4-3-9-18-12/h3-4,9-10H,5-8H2,1-2H3. The summed E-state index contributed by atoms with van der Waals surface area (Å²) in [4.78, 5) is 8.11. The number of anilines is 1. The van der Waals surface area contributed by atoms with E-state index < -0.39 is 0 Å². The van der Waals surface area contributed by atoms with Crippen LogP contribution in [0.15, 0.2) is 22.9 Å². The van der Waals surface area contributed by atoms with Crippen molar-refractivity contribution < 1.29 is 9.47 Å². The van der Waals surface area contributed by atoms with Gasteiger partial charge in [0.05, 0.1) is 23.8 Å². The molecule has 0 saturated heterocycles. The molecule has 0 saturated carbocycles. The number of thiophene rings is 1. The number of hydrogen-bond donors (Lipinski definition) is 0. The fourth-order valence-electron chi connectivity index (χ4n) is 1.65. The summed E-state index contributed by atoms with van der Waals surface area (Å²) in [6.45, 7) is 3.05. The van der Waals surface area contributed by atoms with Gasteiger partial charge in [-0.05, 0) is 11.4 Å². The third kappa shape index (κ3) is 4.01. The van der Waals surface area contributed by atoms with Crippen molar-refractivity contribution in [2.45, 2.75) is 0 Å². The molecule has 2 rings (SSSR count). The molecule has 0 amide bonds. The van der Waals surface area contributed by atoms with Crippen LogP contribution in [0.3, 0.4) is 0 Å². The van der Waals surface area contributed by atoms with Gasteiger partial charge in [0.1, 0.15) is 0 Å². The summed E-state index contributed by atoms with van der Waals surface area (Å²) >= 11 is 3.38. The monoisotopic (exact) mass is 298 g/mol. The number of nitrogens with zero attached hydrogens (tertiary/aromatic N) is 2. The van der Waals surface area contributed by atoms with Crippen molar-refractivity contribution in [3.8, 4) is 10.6 Å². The third-order valence-corrected chi connectivity index (χ3v) is 4.46. The summed E-state index contributed by atoms with van der Waals surface area (Å²) in [5.41, 5.74) is 1.05. The predicted molar refractivity (Wildman–Crippen MR) is 81.4 cm³/mol. The molecule has 0 N–H and O–H groups in total. The molecule has 2 aromatic rings. The van der Waals surface area contributed by atoms with E-state index in [-0.39, 0.29) is 0 Å². The second-order valence-electron chi connectivity index (χ2n) is 3.97. The molecular weight excluding hydrogens is 280 g/mol. The highest BCUT2D eigenvalue weighted by Gasteiger charge is 2.12. The Morgan fingerprint density at radius 3 is 2.47 bits per heavy atom. The molecule has 0 bridgehead atoms. The topological polar surface area (TPSA) is 34.6 Å². The van der Waals surface area contributed by atoms with E-state index in [1.165, 1.54) is 4.88 Å². The van der Waals surface area contributed by atoms with Gasteiger partial charge in [-0.2, -0.15) is 0 Å². The van der Waals surface area contributed by atoms with Crippen molar-refractivity contribution in [3.63, 3.8) is 0 Å². The molecular formula is C13H18N2O2S2. The Kier molecular flexibility index (Phi) is 5.78. The second kappa shape index (κ2) is 7.59. The zero-order chi connectivity index (χ0) is 13.5. The Morgan fingerprint density at radius 2 is 1.89 bits per heavy atom. The molecule has 2 aromatic heterocycles. The van der Waals surface area contributed by atoms with Gasteiger partial charge in [0, 0.05) is 32.7 Å². The van der Waals surface area contributed by atoms with E-state index in [1.54, 1.807) is 36.9 Å². The van der Waals surface area contributed by atoms with Gasteiger partial charge in [0.2, 0.25) is 0 Å². The van der Waals surface area contributed by atoms with Crippen LogP contribution in [0.4, 0.5) is 5.13 Å². The molecule has 0 aliphatic rings. The van der Waals surface area contributed by atoms with Gasteiger partial charge >= 0.3 is 0 Å². The van der Waals surface area contributed by atoms with Gasteiger partial charge in [-0.1, -0.05) is 6.07 Å². The second-order valence-corrected chi connectivity index (χ2v) is 5.75. The molecule has 19 heavy (non-hydrogen) atoms. The zero-order valence-corrected chi connectivity index (χ0v) is 12.8. The fourth-order valence-corrected chi connectivity index (χ4v) is 3.29. The lowest BCUT2D eigenvalue weighted by atomic mass is 10.4. The molecule has 0 radical (unpaired) electrons. The highest BCUT2D eigenvalue weighted by atomic mass is 32.1. The number of hydrogen-bond acceptors (Lipinski definition) is 6. The van der Waals surface area contributed by atoms with Gasteiger partial charge in [-0.15, -0.1) is 22.7 Å². The van der Waals surface area contributed by atoms with Gasteiger partial charge in [0.25, 0.3) is 0 Å². The molecule has 2 heterocycles. The first-order valence-electron chi connectivity index (χ1n) is 6.07. The summed E-state index contributed by atoms with van der Waals surface area (Å²) in [6, 6.07) is 4.14. The molecule has 0 unspecified atom stereocenters. The van der Waals surface area contributed by atoms with Crippen molar-refractivity contribution in [1.82, 2.24) is 4.98 Å². The number of methoxy groups -OCH3 is 2. The lowest BCUT2D eigenvalue weighted by molar-refractivity contribution is 0.190. The summed E-state index contributed by atoms with van der Waals surface area (Å²) in [5, 5.41) is 5.20. The summed E-state index contributed by atoms with van der Waals surface area (Å²) in [6.07, 6.45) is 0. The van der Waals surface area contributed by atoms with Gasteiger partial charge in [0.15, 0.2) is 5.13 Å². The number of rotatable bonds is 8. The average molecular weight is 298 g/mol. The SMILES string of the molecule is COCCN(CCOC)c1nc(-c2cccs2)cs1. The van der Waals surface area contributed by atoms with E-state index >= 15 is 0 Å². The zero-order valence-electron chi connectivity index (χ0n) is 11.2. The number of aromatic nitrogens is 1. The molecule has 0 fully saturated rings. The smallest absolute Gasteiger partial charge is 0.186 e. The van der Waals surface area contributed by atoms with Gasteiger partial charge in [-0.3, -0.25) is 0 Å². The number of thiazole rings is 1. The summed E-state index contributed by atoms with van der Waals surface area (Å²) < 4.78 is 10.3. The van der Waals surface area contributed by atoms with Crippen molar-refractivity contribution >= 4 is 27.8 Å². The fraction of sp³-hybridized carbons (Fsp3) is 0.462. The van der Waals surface area contributed by atoms with E-state index in [1.807, 2.05) is 6.07 Å². The van der Waals surface area contributed by atoms with Crippen molar-refractivity contribution in [2.75, 3.05) is 45.4 Å². The Hall–Kier alpha value is -0.950. The van der Waals surface area contributed by atoms with Crippen LogP contribution in [0.2, 0.25) is 0 Å². The van der Waals surface area contributed by atoms with Crippen LogP contribution in [0.1, 0.15) is 0 Å². The molecule has 4 nitrogen and oxygen atoms in total. The lowest BCUT2D eigenvalue weighted by Crippen LogP contribution is -2.30. The van der Waals surface area contributed by atoms with E-state index in [4.69, 9.17) is 14.5 Å². The van der Waals surface area contributed by atoms with E-state index in [0.717, 1.165) is 23.9 Å². The number of ether oxygens (including phenoxy) is 2. The Morgan fingerprint density at radius 1 is 1.16 bits per heavy atom. The highest BCUT2D eigenvalue weighted by Crippen LogP contribution is 2.29. The van der Waals surface area contributed by atoms with Crippen LogP contribution in [-0.4, -0.2) is 45.5 Å². The first-order valence-corrected chi connectivity index (χ1v) is 7.83. The average Bonchev–Trinajstić information content (AvgIpc) is 3.09. The van der Waals surface area contributed by atoms with Crippen molar-refractivity contribution in [2.24, 2.45) is 0 Å². The van der Waals surface area contributed by atoms with Gasteiger partial charge < -0.3 is 14.4 Å². The minimum atomic E-state index is 0.692. The molecule has 0 atom stereocenters. The maximum Gasteiger partial charge on any atom is 0.186 e.